The Labute approximate surface area is 95.1 Å². The van der Waals surface area contributed by atoms with E-state index in [9.17, 15) is 0 Å². The highest BCUT2D eigenvalue weighted by Crippen LogP contribution is 2.16. The predicted molar refractivity (Wildman–Crippen MR) is 64.6 cm³/mol. The molecule has 2 aromatic rings. The zero-order valence-corrected chi connectivity index (χ0v) is 9.19. The van der Waals surface area contributed by atoms with Gasteiger partial charge in [0.2, 0.25) is 5.95 Å². The molecule has 0 unspecified atom stereocenters. The first-order chi connectivity index (χ1) is 7.92. The van der Waals surface area contributed by atoms with Gasteiger partial charge in [0, 0.05) is 25.7 Å². The van der Waals surface area contributed by atoms with E-state index in [1.54, 1.807) is 0 Å². The lowest BCUT2D eigenvalue weighted by Crippen LogP contribution is -2.16. The quantitative estimate of drug-likeness (QED) is 0.829. The van der Waals surface area contributed by atoms with Crippen molar-refractivity contribution in [2.45, 2.75) is 19.4 Å². The first-order valence-corrected chi connectivity index (χ1v) is 5.76. The molecule has 0 spiro atoms. The average Bonchev–Trinajstić information content (AvgIpc) is 2.72. The maximum absolute atomic E-state index is 4.60. The van der Waals surface area contributed by atoms with E-state index in [1.807, 2.05) is 6.07 Å². The van der Waals surface area contributed by atoms with Crippen molar-refractivity contribution in [2.75, 3.05) is 11.9 Å². The molecule has 0 saturated carbocycles. The minimum atomic E-state index is 0.919. The highest BCUT2D eigenvalue weighted by Gasteiger charge is 2.11. The molecule has 1 aliphatic rings. The van der Waals surface area contributed by atoms with Gasteiger partial charge in [-0.3, -0.25) is 0 Å². The van der Waals surface area contributed by atoms with Gasteiger partial charge in [0.15, 0.2) is 0 Å². The summed E-state index contributed by atoms with van der Waals surface area (Å²) in [7, 11) is 0. The molecule has 1 aliphatic heterocycles. The average molecular weight is 213 g/mol. The van der Waals surface area contributed by atoms with Crippen LogP contribution >= 0.6 is 0 Å². The van der Waals surface area contributed by atoms with E-state index in [4.69, 9.17) is 0 Å². The molecule has 3 nitrogen and oxygen atoms in total. The minimum absolute atomic E-state index is 0.919. The topological polar surface area (TPSA) is 29.9 Å². The lowest BCUT2D eigenvalue weighted by Gasteiger charge is -2.14. The summed E-state index contributed by atoms with van der Waals surface area (Å²) in [5.41, 5.74) is 2.47. The Morgan fingerprint density at radius 3 is 2.94 bits per heavy atom. The fraction of sp³-hybridized carbons (Fsp3) is 0.308. The molecule has 0 saturated heterocycles. The van der Waals surface area contributed by atoms with Crippen molar-refractivity contribution in [2.24, 2.45) is 0 Å². The summed E-state index contributed by atoms with van der Waals surface area (Å²) >= 11 is 0. The molecule has 3 heteroatoms. The van der Waals surface area contributed by atoms with Gasteiger partial charge in [-0.05, 0) is 12.0 Å². The number of fused-ring (bicyclic) bond motifs is 1. The fourth-order valence-corrected chi connectivity index (χ4v) is 2.12. The molecule has 0 radical (unpaired) electrons. The monoisotopic (exact) mass is 213 g/mol. The van der Waals surface area contributed by atoms with E-state index < -0.39 is 0 Å². The summed E-state index contributed by atoms with van der Waals surface area (Å²) in [6.45, 7) is 2.13. The second kappa shape index (κ2) is 4.00. The molecule has 0 fully saturated rings. The van der Waals surface area contributed by atoms with Crippen LogP contribution in [0.25, 0.3) is 0 Å². The second-order valence-electron chi connectivity index (χ2n) is 4.19. The number of nitrogens with one attached hydrogen (secondary N) is 1. The van der Waals surface area contributed by atoms with Gasteiger partial charge in [-0.2, -0.15) is 0 Å². The minimum Gasteiger partial charge on any atom is -0.356 e. The van der Waals surface area contributed by atoms with E-state index in [1.165, 1.54) is 12.0 Å². The van der Waals surface area contributed by atoms with Crippen LogP contribution in [0.4, 0.5) is 5.95 Å². The van der Waals surface area contributed by atoms with Crippen LogP contribution < -0.4 is 5.32 Å². The lowest BCUT2D eigenvalue weighted by atomic mass is 10.1. The number of imidazole rings is 1. The van der Waals surface area contributed by atoms with Crippen molar-refractivity contribution in [3.8, 4) is 0 Å². The van der Waals surface area contributed by atoms with Crippen LogP contribution in [-0.2, 0) is 13.0 Å². The molecule has 3 rings (SSSR count). The number of hydrogen-bond donors (Lipinski definition) is 1. The summed E-state index contributed by atoms with van der Waals surface area (Å²) in [6, 6.07) is 10.5. The largest absolute Gasteiger partial charge is 0.356 e. The van der Waals surface area contributed by atoms with Gasteiger partial charge in [-0.1, -0.05) is 30.3 Å². The Morgan fingerprint density at radius 1 is 1.25 bits per heavy atom. The third-order valence-corrected chi connectivity index (χ3v) is 2.91. The third kappa shape index (κ3) is 1.81. The van der Waals surface area contributed by atoms with Gasteiger partial charge < -0.3 is 9.88 Å². The van der Waals surface area contributed by atoms with Gasteiger partial charge in [0.1, 0.15) is 0 Å². The Kier molecular flexibility index (Phi) is 2.37. The molecule has 2 heterocycles. The number of aromatic nitrogens is 2. The number of nitrogens with zero attached hydrogens (tertiary/aromatic N) is 2. The van der Waals surface area contributed by atoms with E-state index >= 15 is 0 Å². The van der Waals surface area contributed by atoms with Crippen LogP contribution in [0, 0.1) is 0 Å². The van der Waals surface area contributed by atoms with Crippen LogP contribution in [0.1, 0.15) is 17.7 Å². The highest BCUT2D eigenvalue weighted by atomic mass is 15.2. The Hall–Kier alpha value is -1.77. The smallest absolute Gasteiger partial charge is 0.203 e. The predicted octanol–water partition coefficient (Wildman–Crippen LogP) is 2.29. The van der Waals surface area contributed by atoms with Crippen LogP contribution in [0.3, 0.4) is 0 Å². The maximum atomic E-state index is 4.60. The van der Waals surface area contributed by atoms with Gasteiger partial charge >= 0.3 is 0 Å². The van der Waals surface area contributed by atoms with E-state index in [-0.39, 0.29) is 0 Å². The van der Waals surface area contributed by atoms with Crippen molar-refractivity contribution < 1.29 is 0 Å². The summed E-state index contributed by atoms with van der Waals surface area (Å²) < 4.78 is 2.21. The molecule has 82 valence electrons. The van der Waals surface area contributed by atoms with Crippen molar-refractivity contribution in [3.63, 3.8) is 0 Å². The van der Waals surface area contributed by atoms with Gasteiger partial charge in [0.25, 0.3) is 0 Å². The molecule has 1 aromatic heterocycles. The molecule has 0 atom stereocenters. The summed E-state index contributed by atoms with van der Waals surface area (Å²) in [5, 5.41) is 3.32. The number of benzene rings is 1. The molecular formula is C13H15N3. The van der Waals surface area contributed by atoms with Crippen molar-refractivity contribution in [3.05, 3.63) is 47.8 Å². The molecule has 0 bridgehead atoms. The standard InChI is InChI=1S/C13H15N3/c1-2-5-11(6-3-1)9-12-10-16-8-4-7-14-13(16)15-12/h1-3,5-6,10H,4,7-9H2,(H,14,15). The highest BCUT2D eigenvalue weighted by molar-refractivity contribution is 5.32. The summed E-state index contributed by atoms with van der Waals surface area (Å²) in [6.07, 6.45) is 4.27. The molecular weight excluding hydrogens is 198 g/mol. The number of anilines is 1. The summed E-state index contributed by atoms with van der Waals surface area (Å²) in [4.78, 5) is 4.60. The first-order valence-electron chi connectivity index (χ1n) is 5.76. The van der Waals surface area contributed by atoms with Crippen molar-refractivity contribution >= 4 is 5.95 Å². The van der Waals surface area contributed by atoms with Crippen molar-refractivity contribution in [1.29, 1.82) is 0 Å². The molecule has 1 N–H and O–H groups in total. The van der Waals surface area contributed by atoms with Crippen LogP contribution in [0.5, 0.6) is 0 Å². The Morgan fingerprint density at radius 2 is 2.12 bits per heavy atom. The number of hydrogen-bond acceptors (Lipinski definition) is 2. The van der Waals surface area contributed by atoms with E-state index in [0.717, 1.165) is 31.2 Å². The number of aryl methyl sites for hydroxylation is 1. The Bertz CT molecular complexity index is 450. The van der Waals surface area contributed by atoms with Gasteiger partial charge in [0.05, 0.1) is 5.69 Å². The third-order valence-electron chi connectivity index (χ3n) is 2.91. The zero-order chi connectivity index (χ0) is 10.8. The number of rotatable bonds is 2. The fourth-order valence-electron chi connectivity index (χ4n) is 2.12. The van der Waals surface area contributed by atoms with Crippen LogP contribution in [-0.4, -0.2) is 16.1 Å². The molecule has 16 heavy (non-hydrogen) atoms. The summed E-state index contributed by atoms with van der Waals surface area (Å²) in [5.74, 6) is 1.03. The second-order valence-corrected chi connectivity index (χ2v) is 4.19. The molecule has 1 aromatic carbocycles. The van der Waals surface area contributed by atoms with Gasteiger partial charge in [-0.15, -0.1) is 0 Å². The van der Waals surface area contributed by atoms with Crippen molar-refractivity contribution in [1.82, 2.24) is 9.55 Å². The van der Waals surface area contributed by atoms with Crippen LogP contribution in [0.15, 0.2) is 36.5 Å². The first kappa shape index (κ1) is 9.46. The zero-order valence-electron chi connectivity index (χ0n) is 9.19. The Balaban J connectivity index is 1.83. The van der Waals surface area contributed by atoms with Gasteiger partial charge in [-0.25, -0.2) is 4.98 Å². The molecule has 0 amide bonds. The lowest BCUT2D eigenvalue weighted by molar-refractivity contribution is 0.627. The van der Waals surface area contributed by atoms with Crippen LogP contribution in [0.2, 0.25) is 0 Å². The van der Waals surface area contributed by atoms with E-state index in [2.05, 4.69) is 45.3 Å². The SMILES string of the molecule is c1ccc(Cc2cn3c(n2)NCCC3)cc1. The maximum Gasteiger partial charge on any atom is 0.203 e. The van der Waals surface area contributed by atoms with E-state index in [0.29, 0.717) is 0 Å². The molecule has 0 aliphatic carbocycles. The normalized spacial score (nSPS) is 14.2.